The predicted molar refractivity (Wildman–Crippen MR) is 70.2 cm³/mol. The lowest BCUT2D eigenvalue weighted by Crippen LogP contribution is -2.16. The molecule has 1 heterocycles. The lowest BCUT2D eigenvalue weighted by molar-refractivity contribution is 0.840. The minimum absolute atomic E-state index is 0.00270. The van der Waals surface area contributed by atoms with Crippen LogP contribution in [0.5, 0.6) is 0 Å². The molecule has 0 bridgehead atoms. The minimum atomic E-state index is 0.00270. The van der Waals surface area contributed by atoms with Crippen molar-refractivity contribution in [3.8, 4) is 0 Å². The van der Waals surface area contributed by atoms with Crippen LogP contribution in [0.1, 0.15) is 18.5 Å². The van der Waals surface area contributed by atoms with Gasteiger partial charge in [-0.3, -0.25) is 4.79 Å². The Morgan fingerprint density at radius 1 is 1.12 bits per heavy atom. The van der Waals surface area contributed by atoms with Gasteiger partial charge in [0, 0.05) is 25.4 Å². The number of anilines is 1. The molecule has 1 unspecified atom stereocenters. The third-order valence-corrected chi connectivity index (χ3v) is 2.77. The van der Waals surface area contributed by atoms with Crippen LogP contribution in [0, 0.1) is 0 Å². The van der Waals surface area contributed by atoms with Crippen molar-refractivity contribution in [3.63, 3.8) is 0 Å². The molecular weight excluding hydrogens is 212 g/mol. The molecule has 3 heteroatoms. The number of rotatable bonds is 3. The van der Waals surface area contributed by atoms with Gasteiger partial charge in [-0.05, 0) is 18.6 Å². The average Bonchev–Trinajstić information content (AvgIpc) is 2.35. The van der Waals surface area contributed by atoms with E-state index in [-0.39, 0.29) is 11.6 Å². The molecule has 1 aromatic carbocycles. The lowest BCUT2D eigenvalue weighted by Gasteiger charge is -2.15. The van der Waals surface area contributed by atoms with Crippen LogP contribution in [0.2, 0.25) is 0 Å². The van der Waals surface area contributed by atoms with Crippen LogP contribution in [0.4, 0.5) is 5.69 Å². The molecule has 0 aliphatic heterocycles. The van der Waals surface area contributed by atoms with E-state index < -0.39 is 0 Å². The van der Waals surface area contributed by atoms with Crippen LogP contribution in [0.3, 0.4) is 0 Å². The average molecular weight is 228 g/mol. The summed E-state index contributed by atoms with van der Waals surface area (Å²) >= 11 is 0. The second-order valence-corrected chi connectivity index (χ2v) is 4.14. The molecule has 0 spiro atoms. The van der Waals surface area contributed by atoms with Crippen molar-refractivity contribution in [1.29, 1.82) is 0 Å². The fourth-order valence-corrected chi connectivity index (χ4v) is 1.75. The molecule has 0 saturated carbocycles. The Bertz CT molecular complexity index is 546. The molecule has 0 radical (unpaired) electrons. The summed E-state index contributed by atoms with van der Waals surface area (Å²) in [4.78, 5) is 11.3. The van der Waals surface area contributed by atoms with Gasteiger partial charge in [0.15, 0.2) is 0 Å². The van der Waals surface area contributed by atoms with Crippen molar-refractivity contribution in [2.24, 2.45) is 7.05 Å². The van der Waals surface area contributed by atoms with E-state index in [1.165, 1.54) is 5.56 Å². The number of aromatic nitrogens is 1. The van der Waals surface area contributed by atoms with Crippen LogP contribution in [0.25, 0.3) is 0 Å². The van der Waals surface area contributed by atoms with Gasteiger partial charge in [-0.15, -0.1) is 0 Å². The zero-order valence-corrected chi connectivity index (χ0v) is 10.1. The quantitative estimate of drug-likeness (QED) is 0.876. The predicted octanol–water partition coefficient (Wildman–Crippen LogP) is 2.56. The fraction of sp³-hybridized carbons (Fsp3) is 0.214. The summed E-state index contributed by atoms with van der Waals surface area (Å²) in [6.07, 6.45) is 1.81. The second kappa shape index (κ2) is 4.87. The number of nitrogens with zero attached hydrogens (tertiary/aromatic N) is 1. The maximum absolute atomic E-state index is 11.3. The molecule has 17 heavy (non-hydrogen) atoms. The van der Waals surface area contributed by atoms with Gasteiger partial charge in [0.25, 0.3) is 0 Å². The monoisotopic (exact) mass is 228 g/mol. The highest BCUT2D eigenvalue weighted by Crippen LogP contribution is 2.17. The van der Waals surface area contributed by atoms with Crippen molar-refractivity contribution >= 4 is 5.69 Å². The van der Waals surface area contributed by atoms with Crippen LogP contribution >= 0.6 is 0 Å². The molecule has 3 nitrogen and oxygen atoms in total. The summed E-state index contributed by atoms with van der Waals surface area (Å²) < 4.78 is 1.57. The number of aryl methyl sites for hydroxylation is 1. The van der Waals surface area contributed by atoms with Crippen molar-refractivity contribution in [2.45, 2.75) is 13.0 Å². The fourth-order valence-electron chi connectivity index (χ4n) is 1.75. The van der Waals surface area contributed by atoms with Crippen molar-refractivity contribution in [2.75, 3.05) is 5.32 Å². The Morgan fingerprint density at radius 2 is 1.82 bits per heavy atom. The molecule has 0 saturated heterocycles. The molecule has 1 N–H and O–H groups in total. The van der Waals surface area contributed by atoms with Gasteiger partial charge in [0.05, 0.1) is 5.69 Å². The third kappa shape index (κ3) is 2.75. The molecule has 1 aromatic heterocycles. The van der Waals surface area contributed by atoms with Crippen molar-refractivity contribution in [1.82, 2.24) is 4.57 Å². The van der Waals surface area contributed by atoms with E-state index in [2.05, 4.69) is 24.4 Å². The molecule has 0 aliphatic rings. The number of pyridine rings is 1. The Morgan fingerprint density at radius 3 is 2.47 bits per heavy atom. The van der Waals surface area contributed by atoms with Gasteiger partial charge in [-0.1, -0.05) is 30.3 Å². The van der Waals surface area contributed by atoms with E-state index in [1.54, 1.807) is 17.7 Å². The first-order chi connectivity index (χ1) is 8.16. The highest BCUT2D eigenvalue weighted by molar-refractivity contribution is 5.43. The summed E-state index contributed by atoms with van der Waals surface area (Å²) in [5.74, 6) is 0. The minimum Gasteiger partial charge on any atom is -0.377 e. The molecule has 2 aromatic rings. The molecule has 0 amide bonds. The number of benzene rings is 1. The topological polar surface area (TPSA) is 34.0 Å². The van der Waals surface area contributed by atoms with Crippen molar-refractivity contribution in [3.05, 3.63) is 64.6 Å². The Kier molecular flexibility index (Phi) is 3.28. The number of hydrogen-bond donors (Lipinski definition) is 1. The number of nitrogens with one attached hydrogen (secondary N) is 1. The van der Waals surface area contributed by atoms with Gasteiger partial charge in [0.2, 0.25) is 5.56 Å². The Hall–Kier alpha value is -2.03. The normalized spacial score (nSPS) is 12.1. The first-order valence-electron chi connectivity index (χ1n) is 5.65. The molecule has 1 atom stereocenters. The summed E-state index contributed by atoms with van der Waals surface area (Å²) in [5, 5.41) is 3.37. The highest BCUT2D eigenvalue weighted by atomic mass is 16.1. The summed E-state index contributed by atoms with van der Waals surface area (Å²) in [6.45, 7) is 2.10. The van der Waals surface area contributed by atoms with Crippen LogP contribution in [0.15, 0.2) is 53.5 Å². The molecule has 88 valence electrons. The number of hydrogen-bond acceptors (Lipinski definition) is 2. The SMILES string of the molecule is CC(Nc1ccc(=O)n(C)c1)c1ccccc1. The van der Waals surface area contributed by atoms with Gasteiger partial charge >= 0.3 is 0 Å². The Labute approximate surface area is 101 Å². The standard InChI is InChI=1S/C14H16N2O/c1-11(12-6-4-3-5-7-12)15-13-8-9-14(17)16(2)10-13/h3-11,15H,1-2H3. The van der Waals surface area contributed by atoms with Crippen LogP contribution in [-0.4, -0.2) is 4.57 Å². The van der Waals surface area contributed by atoms with E-state index >= 15 is 0 Å². The van der Waals surface area contributed by atoms with Crippen LogP contribution in [-0.2, 0) is 7.05 Å². The molecule has 2 rings (SSSR count). The van der Waals surface area contributed by atoms with E-state index in [4.69, 9.17) is 0 Å². The maximum Gasteiger partial charge on any atom is 0.250 e. The van der Waals surface area contributed by atoms with Crippen molar-refractivity contribution < 1.29 is 0 Å². The molecular formula is C14H16N2O. The van der Waals surface area contributed by atoms with Crippen LogP contribution < -0.4 is 10.9 Å². The molecule has 0 aliphatic carbocycles. The summed E-state index contributed by atoms with van der Waals surface area (Å²) in [6, 6.07) is 13.8. The molecule has 0 fully saturated rings. The first-order valence-corrected chi connectivity index (χ1v) is 5.65. The van der Waals surface area contributed by atoms with E-state index in [1.807, 2.05) is 30.5 Å². The van der Waals surface area contributed by atoms with Gasteiger partial charge in [-0.25, -0.2) is 0 Å². The zero-order valence-electron chi connectivity index (χ0n) is 10.1. The maximum atomic E-state index is 11.3. The lowest BCUT2D eigenvalue weighted by atomic mass is 10.1. The van der Waals surface area contributed by atoms with E-state index in [9.17, 15) is 4.79 Å². The van der Waals surface area contributed by atoms with E-state index in [0.717, 1.165) is 5.69 Å². The van der Waals surface area contributed by atoms with Gasteiger partial charge < -0.3 is 9.88 Å². The van der Waals surface area contributed by atoms with Gasteiger partial charge in [0.1, 0.15) is 0 Å². The second-order valence-electron chi connectivity index (χ2n) is 4.14. The largest absolute Gasteiger partial charge is 0.377 e. The van der Waals surface area contributed by atoms with E-state index in [0.29, 0.717) is 0 Å². The smallest absolute Gasteiger partial charge is 0.250 e. The zero-order chi connectivity index (χ0) is 12.3. The van der Waals surface area contributed by atoms with Gasteiger partial charge in [-0.2, -0.15) is 0 Å². The summed E-state index contributed by atoms with van der Waals surface area (Å²) in [7, 11) is 1.75. The first kappa shape index (κ1) is 11.5. The summed E-state index contributed by atoms with van der Waals surface area (Å²) in [5.41, 5.74) is 2.17. The Balaban J connectivity index is 2.16. The third-order valence-electron chi connectivity index (χ3n) is 2.77. The highest BCUT2D eigenvalue weighted by Gasteiger charge is 2.04.